The molecule has 2 aromatic rings. The number of benzene rings is 2. The van der Waals surface area contributed by atoms with Gasteiger partial charge in [0.1, 0.15) is 11.6 Å². The number of hydrogen-bond donors (Lipinski definition) is 1. The van der Waals surface area contributed by atoms with E-state index >= 15 is 0 Å². The largest absolute Gasteiger partial charge is 0.378 e. The molecular weight excluding hydrogens is 262 g/mol. The zero-order valence-corrected chi connectivity index (χ0v) is 11.2. The maximum absolute atomic E-state index is 13.5. The second kappa shape index (κ2) is 5.69. The molecule has 0 radical (unpaired) electrons. The molecule has 2 rings (SSSR count). The van der Waals surface area contributed by atoms with Gasteiger partial charge in [0.05, 0.1) is 5.56 Å². The van der Waals surface area contributed by atoms with Gasteiger partial charge < -0.3 is 10.2 Å². The maximum Gasteiger partial charge on any atom is 0.258 e. The Labute approximate surface area is 115 Å². The first kappa shape index (κ1) is 14.0. The Morgan fingerprint density at radius 3 is 2.55 bits per heavy atom. The monoisotopic (exact) mass is 276 g/mol. The average molecular weight is 276 g/mol. The van der Waals surface area contributed by atoms with Gasteiger partial charge in [-0.15, -0.1) is 0 Å². The van der Waals surface area contributed by atoms with Crippen LogP contribution >= 0.6 is 0 Å². The number of hydrogen-bond acceptors (Lipinski definition) is 2. The molecule has 0 aliphatic rings. The highest BCUT2D eigenvalue weighted by molar-refractivity contribution is 6.04. The fourth-order valence-electron chi connectivity index (χ4n) is 1.73. The summed E-state index contributed by atoms with van der Waals surface area (Å²) in [6.45, 7) is 0. The molecule has 104 valence electrons. The summed E-state index contributed by atoms with van der Waals surface area (Å²) < 4.78 is 26.6. The molecule has 0 atom stereocenters. The third kappa shape index (κ3) is 3.12. The Balaban J connectivity index is 2.23. The van der Waals surface area contributed by atoms with Crippen molar-refractivity contribution in [1.29, 1.82) is 0 Å². The highest BCUT2D eigenvalue weighted by Gasteiger charge is 2.13. The molecule has 0 saturated carbocycles. The number of carbonyl (C=O) groups excluding carboxylic acids is 1. The lowest BCUT2D eigenvalue weighted by Gasteiger charge is -2.14. The highest BCUT2D eigenvalue weighted by Crippen LogP contribution is 2.19. The molecule has 0 spiro atoms. The van der Waals surface area contributed by atoms with Crippen molar-refractivity contribution in [2.75, 3.05) is 24.3 Å². The smallest absolute Gasteiger partial charge is 0.258 e. The summed E-state index contributed by atoms with van der Waals surface area (Å²) in [5.41, 5.74) is 1.09. The van der Waals surface area contributed by atoms with Crippen molar-refractivity contribution in [3.05, 3.63) is 59.7 Å². The van der Waals surface area contributed by atoms with E-state index in [9.17, 15) is 13.6 Å². The van der Waals surface area contributed by atoms with Gasteiger partial charge in [-0.3, -0.25) is 4.79 Å². The quantitative estimate of drug-likeness (QED) is 0.933. The van der Waals surface area contributed by atoms with Gasteiger partial charge in [0.2, 0.25) is 0 Å². The molecule has 0 heterocycles. The standard InChI is InChI=1S/C15H14F2N2O/c1-19(2)12-5-3-4-11(9-12)18-15(20)13-8-10(16)6-7-14(13)17/h3-9H,1-2H3,(H,18,20). The van der Waals surface area contributed by atoms with Crippen LogP contribution in [0.15, 0.2) is 42.5 Å². The van der Waals surface area contributed by atoms with E-state index in [2.05, 4.69) is 5.32 Å². The van der Waals surface area contributed by atoms with Crippen LogP contribution in [0.5, 0.6) is 0 Å². The van der Waals surface area contributed by atoms with Gasteiger partial charge in [-0.2, -0.15) is 0 Å². The predicted octanol–water partition coefficient (Wildman–Crippen LogP) is 3.28. The number of carbonyl (C=O) groups is 1. The maximum atomic E-state index is 13.5. The van der Waals surface area contributed by atoms with E-state index in [0.29, 0.717) is 5.69 Å². The fraction of sp³-hybridized carbons (Fsp3) is 0.133. The Hall–Kier alpha value is -2.43. The van der Waals surface area contributed by atoms with Crippen molar-refractivity contribution in [2.24, 2.45) is 0 Å². The van der Waals surface area contributed by atoms with Gasteiger partial charge in [-0.1, -0.05) is 6.07 Å². The third-order valence-corrected chi connectivity index (χ3v) is 2.79. The highest BCUT2D eigenvalue weighted by atomic mass is 19.1. The SMILES string of the molecule is CN(C)c1cccc(NC(=O)c2cc(F)ccc2F)c1. The van der Waals surface area contributed by atoms with Gasteiger partial charge in [-0.25, -0.2) is 8.78 Å². The van der Waals surface area contributed by atoms with E-state index in [1.807, 2.05) is 25.1 Å². The lowest BCUT2D eigenvalue weighted by molar-refractivity contribution is 0.102. The van der Waals surface area contributed by atoms with Crippen LogP contribution in [0.3, 0.4) is 0 Å². The molecule has 0 unspecified atom stereocenters. The molecule has 5 heteroatoms. The van der Waals surface area contributed by atoms with E-state index < -0.39 is 17.5 Å². The first-order valence-corrected chi connectivity index (χ1v) is 6.01. The van der Waals surface area contributed by atoms with Crippen molar-refractivity contribution in [1.82, 2.24) is 0 Å². The number of nitrogens with zero attached hydrogens (tertiary/aromatic N) is 1. The number of rotatable bonds is 3. The van der Waals surface area contributed by atoms with Crippen LogP contribution in [0.2, 0.25) is 0 Å². The summed E-state index contributed by atoms with van der Waals surface area (Å²) in [7, 11) is 3.74. The third-order valence-electron chi connectivity index (χ3n) is 2.79. The van der Waals surface area contributed by atoms with Crippen molar-refractivity contribution in [2.45, 2.75) is 0 Å². The van der Waals surface area contributed by atoms with Crippen LogP contribution in [0.1, 0.15) is 10.4 Å². The lowest BCUT2D eigenvalue weighted by atomic mass is 10.2. The fourth-order valence-corrected chi connectivity index (χ4v) is 1.73. The molecule has 0 aliphatic carbocycles. The predicted molar refractivity (Wildman–Crippen MR) is 75.1 cm³/mol. The van der Waals surface area contributed by atoms with Crippen LogP contribution < -0.4 is 10.2 Å². The zero-order chi connectivity index (χ0) is 14.7. The van der Waals surface area contributed by atoms with Gasteiger partial charge in [-0.05, 0) is 36.4 Å². The van der Waals surface area contributed by atoms with Gasteiger partial charge in [0.15, 0.2) is 0 Å². The molecule has 0 aliphatic heterocycles. The summed E-state index contributed by atoms with van der Waals surface area (Å²) >= 11 is 0. The molecule has 3 nitrogen and oxygen atoms in total. The first-order chi connectivity index (χ1) is 9.47. The van der Waals surface area contributed by atoms with E-state index in [0.717, 1.165) is 23.9 Å². The molecule has 0 bridgehead atoms. The van der Waals surface area contributed by atoms with E-state index in [4.69, 9.17) is 0 Å². The summed E-state index contributed by atoms with van der Waals surface area (Å²) in [5, 5.41) is 2.55. The Morgan fingerprint density at radius 2 is 1.85 bits per heavy atom. The van der Waals surface area contributed by atoms with E-state index in [-0.39, 0.29) is 5.56 Å². The normalized spacial score (nSPS) is 10.2. The topological polar surface area (TPSA) is 32.3 Å². The molecule has 0 saturated heterocycles. The molecule has 0 aromatic heterocycles. The van der Waals surface area contributed by atoms with Gasteiger partial charge >= 0.3 is 0 Å². The number of amides is 1. The van der Waals surface area contributed by atoms with Crippen LogP contribution in [0.4, 0.5) is 20.2 Å². The summed E-state index contributed by atoms with van der Waals surface area (Å²) in [5.74, 6) is -2.09. The van der Waals surface area contributed by atoms with E-state index in [1.54, 1.807) is 18.2 Å². The average Bonchev–Trinajstić information content (AvgIpc) is 2.41. The second-order valence-electron chi connectivity index (χ2n) is 4.52. The molecule has 1 N–H and O–H groups in total. The minimum absolute atomic E-state index is 0.319. The van der Waals surface area contributed by atoms with Crippen molar-refractivity contribution in [3.63, 3.8) is 0 Å². The number of nitrogens with one attached hydrogen (secondary N) is 1. The molecular formula is C15H14F2N2O. The van der Waals surface area contributed by atoms with Gasteiger partial charge in [0, 0.05) is 25.5 Å². The Kier molecular flexibility index (Phi) is 3.98. The van der Waals surface area contributed by atoms with Crippen LogP contribution in [0, 0.1) is 11.6 Å². The van der Waals surface area contributed by atoms with Crippen molar-refractivity contribution in [3.8, 4) is 0 Å². The number of halogens is 2. The summed E-state index contributed by atoms with van der Waals surface area (Å²) in [4.78, 5) is 13.8. The van der Waals surface area contributed by atoms with Crippen molar-refractivity contribution < 1.29 is 13.6 Å². The van der Waals surface area contributed by atoms with E-state index in [1.165, 1.54) is 0 Å². The van der Waals surface area contributed by atoms with Crippen LogP contribution in [0.25, 0.3) is 0 Å². The number of anilines is 2. The molecule has 1 amide bonds. The second-order valence-corrected chi connectivity index (χ2v) is 4.52. The Morgan fingerprint density at radius 1 is 1.10 bits per heavy atom. The van der Waals surface area contributed by atoms with Crippen LogP contribution in [-0.4, -0.2) is 20.0 Å². The first-order valence-electron chi connectivity index (χ1n) is 6.01. The summed E-state index contributed by atoms with van der Waals surface area (Å²) in [6, 6.07) is 9.85. The minimum atomic E-state index is -0.757. The molecule has 0 fully saturated rings. The lowest BCUT2D eigenvalue weighted by Crippen LogP contribution is -2.15. The minimum Gasteiger partial charge on any atom is -0.378 e. The van der Waals surface area contributed by atoms with Crippen LogP contribution in [-0.2, 0) is 0 Å². The van der Waals surface area contributed by atoms with Gasteiger partial charge in [0.25, 0.3) is 5.91 Å². The Bertz CT molecular complexity index is 642. The molecule has 20 heavy (non-hydrogen) atoms. The zero-order valence-electron chi connectivity index (χ0n) is 11.2. The summed E-state index contributed by atoms with van der Waals surface area (Å²) in [6.07, 6.45) is 0. The molecule has 2 aromatic carbocycles. The van der Waals surface area contributed by atoms with Crippen molar-refractivity contribution >= 4 is 17.3 Å².